The van der Waals surface area contributed by atoms with Crippen LogP contribution in [0.25, 0.3) is 22.2 Å². The van der Waals surface area contributed by atoms with Gasteiger partial charge in [-0.15, -0.1) is 11.3 Å². The van der Waals surface area contributed by atoms with E-state index < -0.39 is 12.1 Å². The summed E-state index contributed by atoms with van der Waals surface area (Å²) < 4.78 is 20.0. The van der Waals surface area contributed by atoms with E-state index in [4.69, 9.17) is 4.74 Å². The Morgan fingerprint density at radius 2 is 1.91 bits per heavy atom. The number of hydrogen-bond donors (Lipinski definition) is 1. The number of anilines is 1. The van der Waals surface area contributed by atoms with E-state index in [1.807, 2.05) is 19.9 Å². The van der Waals surface area contributed by atoms with Crippen molar-refractivity contribution in [1.82, 2.24) is 24.9 Å². The van der Waals surface area contributed by atoms with Crippen LogP contribution in [0.3, 0.4) is 0 Å². The van der Waals surface area contributed by atoms with Crippen molar-refractivity contribution in [1.29, 1.82) is 0 Å². The van der Waals surface area contributed by atoms with E-state index in [1.165, 1.54) is 23.9 Å². The van der Waals surface area contributed by atoms with E-state index >= 15 is 0 Å². The topological polar surface area (TPSA) is 97.2 Å². The van der Waals surface area contributed by atoms with Crippen LogP contribution in [-0.4, -0.2) is 56.3 Å². The fourth-order valence-electron chi connectivity index (χ4n) is 3.67. The number of morpholine rings is 1. The molecule has 1 N–H and O–H groups in total. The first-order valence-electron chi connectivity index (χ1n) is 10.2. The monoisotopic (exact) mass is 452 g/mol. The summed E-state index contributed by atoms with van der Waals surface area (Å²) in [4.78, 5) is 24.7. The molecule has 32 heavy (non-hydrogen) atoms. The van der Waals surface area contributed by atoms with Crippen molar-refractivity contribution in [3.8, 4) is 11.3 Å². The zero-order chi connectivity index (χ0) is 22.2. The molecule has 4 aromatic heterocycles. The van der Waals surface area contributed by atoms with Crippen LogP contribution in [0.2, 0.25) is 0 Å². The fourth-order valence-corrected chi connectivity index (χ4v) is 4.60. The molecular weight excluding hydrogens is 431 g/mol. The van der Waals surface area contributed by atoms with Crippen LogP contribution in [0.15, 0.2) is 30.9 Å². The molecule has 0 spiro atoms. The van der Waals surface area contributed by atoms with Gasteiger partial charge in [0.2, 0.25) is 5.95 Å². The molecule has 1 unspecified atom stereocenters. The number of thiazole rings is 1. The Labute approximate surface area is 187 Å². The van der Waals surface area contributed by atoms with Gasteiger partial charge in [0.1, 0.15) is 23.3 Å². The summed E-state index contributed by atoms with van der Waals surface area (Å²) in [6.45, 7) is 6.65. The SMILES string of the molecule is Cc1nc(C(O)c2cc(-c3ncnc4cc(N5CCOCC5)ncc34)cnc2F)sc1C. The average molecular weight is 453 g/mol. The second-order valence-corrected chi connectivity index (χ2v) is 8.82. The highest BCUT2D eigenvalue weighted by Crippen LogP contribution is 2.32. The molecule has 5 heterocycles. The minimum Gasteiger partial charge on any atom is -0.381 e. The van der Waals surface area contributed by atoms with E-state index in [-0.39, 0.29) is 5.56 Å². The van der Waals surface area contributed by atoms with Crippen LogP contribution < -0.4 is 4.90 Å². The van der Waals surface area contributed by atoms with Crippen molar-refractivity contribution in [2.75, 3.05) is 31.2 Å². The Bertz CT molecular complexity index is 1270. The van der Waals surface area contributed by atoms with Gasteiger partial charge in [-0.25, -0.2) is 24.9 Å². The summed E-state index contributed by atoms with van der Waals surface area (Å²) in [6.07, 6.45) is 3.39. The highest BCUT2D eigenvalue weighted by atomic mass is 32.1. The van der Waals surface area contributed by atoms with Gasteiger partial charge < -0.3 is 14.7 Å². The zero-order valence-corrected chi connectivity index (χ0v) is 18.4. The number of aromatic nitrogens is 5. The van der Waals surface area contributed by atoms with Gasteiger partial charge in [-0.05, 0) is 19.9 Å². The lowest BCUT2D eigenvalue weighted by atomic mass is 10.1. The van der Waals surface area contributed by atoms with Gasteiger partial charge in [0.25, 0.3) is 0 Å². The molecule has 0 amide bonds. The first-order valence-corrected chi connectivity index (χ1v) is 11.0. The molecular formula is C22H21FN6O2S. The number of hydrogen-bond acceptors (Lipinski definition) is 9. The minimum absolute atomic E-state index is 0.0564. The number of nitrogens with zero attached hydrogens (tertiary/aromatic N) is 6. The maximum atomic E-state index is 14.5. The van der Waals surface area contributed by atoms with Crippen LogP contribution in [0.4, 0.5) is 10.2 Å². The smallest absolute Gasteiger partial charge is 0.219 e. The first kappa shape index (κ1) is 20.8. The molecule has 164 valence electrons. The normalized spacial score (nSPS) is 15.3. The second-order valence-electron chi connectivity index (χ2n) is 7.58. The third kappa shape index (κ3) is 3.81. The standard InChI is InChI=1S/C22H21FN6O2S/c1-12-13(2)32-22(28-12)20(30)15-7-14(9-25-21(15)23)19-16-10-24-18(8-17(16)26-11-27-19)29-3-5-31-6-4-29/h7-11,20,30H,3-6H2,1-2H3. The molecule has 0 aromatic carbocycles. The van der Waals surface area contributed by atoms with Crippen molar-refractivity contribution in [3.05, 3.63) is 57.9 Å². The molecule has 1 aliphatic heterocycles. The number of aliphatic hydroxyl groups is 1. The van der Waals surface area contributed by atoms with E-state index in [2.05, 4.69) is 29.8 Å². The molecule has 1 saturated heterocycles. The number of ether oxygens (including phenoxy) is 1. The highest BCUT2D eigenvalue weighted by Gasteiger charge is 2.22. The number of aliphatic hydroxyl groups excluding tert-OH is 1. The molecule has 1 atom stereocenters. The third-order valence-corrected chi connectivity index (χ3v) is 6.68. The Morgan fingerprint density at radius 3 is 2.66 bits per heavy atom. The molecule has 0 radical (unpaired) electrons. The number of rotatable bonds is 4. The quantitative estimate of drug-likeness (QED) is 0.472. The molecule has 0 bridgehead atoms. The molecule has 0 saturated carbocycles. The molecule has 1 aliphatic rings. The van der Waals surface area contributed by atoms with Crippen LogP contribution in [-0.2, 0) is 4.74 Å². The molecule has 10 heteroatoms. The second kappa shape index (κ2) is 8.45. The minimum atomic E-state index is -1.21. The van der Waals surface area contributed by atoms with Gasteiger partial charge in [0, 0.05) is 52.9 Å². The number of pyridine rings is 2. The van der Waals surface area contributed by atoms with E-state index in [1.54, 1.807) is 12.3 Å². The summed E-state index contributed by atoms with van der Waals surface area (Å²) in [5.41, 5.74) is 2.74. The number of fused-ring (bicyclic) bond motifs is 1. The first-order chi connectivity index (χ1) is 15.5. The summed E-state index contributed by atoms with van der Waals surface area (Å²) >= 11 is 1.34. The predicted molar refractivity (Wildman–Crippen MR) is 119 cm³/mol. The van der Waals surface area contributed by atoms with Crippen molar-refractivity contribution in [3.63, 3.8) is 0 Å². The lowest BCUT2D eigenvalue weighted by Crippen LogP contribution is -2.36. The maximum Gasteiger partial charge on any atom is 0.219 e. The number of aryl methyl sites for hydroxylation is 2. The molecule has 4 aromatic rings. The van der Waals surface area contributed by atoms with Gasteiger partial charge in [-0.1, -0.05) is 0 Å². The van der Waals surface area contributed by atoms with Crippen molar-refractivity contribution in [2.24, 2.45) is 0 Å². The average Bonchev–Trinajstić information content (AvgIpc) is 3.17. The van der Waals surface area contributed by atoms with Gasteiger partial charge >= 0.3 is 0 Å². The lowest BCUT2D eigenvalue weighted by molar-refractivity contribution is 0.122. The van der Waals surface area contributed by atoms with E-state index in [0.717, 1.165) is 40.4 Å². The molecule has 0 aliphatic carbocycles. The Morgan fingerprint density at radius 1 is 1.09 bits per heavy atom. The van der Waals surface area contributed by atoms with Crippen LogP contribution in [0, 0.1) is 19.8 Å². The maximum absolute atomic E-state index is 14.5. The molecule has 8 nitrogen and oxygen atoms in total. The molecule has 5 rings (SSSR count). The largest absolute Gasteiger partial charge is 0.381 e. The zero-order valence-electron chi connectivity index (χ0n) is 17.6. The third-order valence-electron chi connectivity index (χ3n) is 5.55. The molecule has 1 fully saturated rings. The van der Waals surface area contributed by atoms with Gasteiger partial charge in [0.15, 0.2) is 0 Å². The van der Waals surface area contributed by atoms with E-state index in [0.29, 0.717) is 29.5 Å². The van der Waals surface area contributed by atoms with Crippen molar-refractivity contribution < 1.29 is 14.2 Å². The summed E-state index contributed by atoms with van der Waals surface area (Å²) in [7, 11) is 0. The Balaban J connectivity index is 1.54. The number of halogens is 1. The Kier molecular flexibility index (Phi) is 5.50. The lowest BCUT2D eigenvalue weighted by Gasteiger charge is -2.27. The van der Waals surface area contributed by atoms with Gasteiger partial charge in [-0.3, -0.25) is 0 Å². The van der Waals surface area contributed by atoms with Crippen LogP contribution >= 0.6 is 11.3 Å². The summed E-state index contributed by atoms with van der Waals surface area (Å²) in [5.74, 6) is 0.0890. The van der Waals surface area contributed by atoms with Crippen LogP contribution in [0.1, 0.15) is 27.2 Å². The summed E-state index contributed by atoms with van der Waals surface area (Å²) in [6, 6.07) is 3.48. The van der Waals surface area contributed by atoms with Crippen molar-refractivity contribution in [2.45, 2.75) is 20.0 Å². The van der Waals surface area contributed by atoms with Gasteiger partial charge in [-0.2, -0.15) is 4.39 Å². The Hall–Kier alpha value is -3.08. The van der Waals surface area contributed by atoms with Crippen LogP contribution in [0.5, 0.6) is 0 Å². The fraction of sp³-hybridized carbons (Fsp3) is 0.318. The predicted octanol–water partition coefficient (Wildman–Crippen LogP) is 3.22. The van der Waals surface area contributed by atoms with Gasteiger partial charge in [0.05, 0.1) is 30.1 Å². The summed E-state index contributed by atoms with van der Waals surface area (Å²) in [5, 5.41) is 11.9. The van der Waals surface area contributed by atoms with Crippen molar-refractivity contribution >= 4 is 28.1 Å². The highest BCUT2D eigenvalue weighted by molar-refractivity contribution is 7.11. The van der Waals surface area contributed by atoms with E-state index in [9.17, 15) is 9.50 Å².